The Morgan fingerprint density at radius 3 is 2.58 bits per heavy atom. The first-order valence-electron chi connectivity index (χ1n) is 14.3. The molecule has 0 radical (unpaired) electrons. The van der Waals surface area contributed by atoms with Crippen molar-refractivity contribution in [3.05, 3.63) is 53.3 Å². The highest BCUT2D eigenvalue weighted by Gasteiger charge is 2.31. The smallest absolute Gasteiger partial charge is 0.225 e. The average Bonchev–Trinajstić information content (AvgIpc) is 3.11. The number of aromatic amines is 1. The molecule has 36 heavy (non-hydrogen) atoms. The maximum absolute atomic E-state index is 13.4. The highest BCUT2D eigenvalue weighted by atomic mass is 16.2. The molecule has 3 heterocycles. The van der Waals surface area contributed by atoms with E-state index in [2.05, 4.69) is 66.0 Å². The molecule has 3 aromatic rings. The fourth-order valence-corrected chi connectivity index (χ4v) is 6.76. The summed E-state index contributed by atoms with van der Waals surface area (Å²) in [5.41, 5.74) is 7.49. The number of benzene rings is 1. The summed E-state index contributed by atoms with van der Waals surface area (Å²) in [6.45, 7) is 10.7. The van der Waals surface area contributed by atoms with Gasteiger partial charge in [-0.2, -0.15) is 0 Å². The van der Waals surface area contributed by atoms with Crippen LogP contribution in [0, 0.1) is 18.8 Å². The van der Waals surface area contributed by atoms with E-state index in [0.29, 0.717) is 17.7 Å². The van der Waals surface area contributed by atoms with Gasteiger partial charge in [0.05, 0.1) is 5.69 Å². The van der Waals surface area contributed by atoms with Gasteiger partial charge in [0.15, 0.2) is 0 Å². The molecule has 2 aromatic heterocycles. The standard InChI is InChI=1S/C32H43N3O/c1-5-23-8-6-7-9-27(19-23)32(36)35-16-13-24(14-17-35)25-10-11-29-28(20-25)30(21(2)3)31(34-29)26-12-15-33-22(4)18-26/h10-12,15,18,20-21,23-24,27,34H,5-9,13-14,16-17,19H2,1-4H3/t23-,27-/m0/s1. The van der Waals surface area contributed by atoms with E-state index in [4.69, 9.17) is 0 Å². The molecule has 4 nitrogen and oxygen atoms in total. The van der Waals surface area contributed by atoms with Gasteiger partial charge in [0.25, 0.3) is 0 Å². The number of nitrogens with one attached hydrogen (secondary N) is 1. The molecular weight excluding hydrogens is 442 g/mol. The van der Waals surface area contributed by atoms with Crippen LogP contribution in [0.4, 0.5) is 0 Å². The molecule has 4 heteroatoms. The third kappa shape index (κ3) is 5.10. The minimum absolute atomic E-state index is 0.258. The summed E-state index contributed by atoms with van der Waals surface area (Å²) in [5.74, 6) is 2.38. The number of hydrogen-bond acceptors (Lipinski definition) is 2. The van der Waals surface area contributed by atoms with E-state index in [1.54, 1.807) is 0 Å². The summed E-state index contributed by atoms with van der Waals surface area (Å²) >= 11 is 0. The summed E-state index contributed by atoms with van der Waals surface area (Å²) in [5, 5.41) is 1.34. The molecule has 1 amide bonds. The fraction of sp³-hybridized carbons (Fsp3) is 0.562. The van der Waals surface area contributed by atoms with Crippen molar-refractivity contribution < 1.29 is 4.79 Å². The number of hydrogen-bond donors (Lipinski definition) is 1. The van der Waals surface area contributed by atoms with E-state index in [1.807, 2.05) is 13.1 Å². The molecule has 2 fully saturated rings. The van der Waals surface area contributed by atoms with Gasteiger partial charge in [0, 0.05) is 47.4 Å². The van der Waals surface area contributed by atoms with E-state index in [9.17, 15) is 4.79 Å². The Hall–Kier alpha value is -2.62. The number of amides is 1. The predicted octanol–water partition coefficient (Wildman–Crippen LogP) is 7.97. The molecule has 192 valence electrons. The van der Waals surface area contributed by atoms with Crippen LogP contribution in [0.3, 0.4) is 0 Å². The van der Waals surface area contributed by atoms with Gasteiger partial charge >= 0.3 is 0 Å². The van der Waals surface area contributed by atoms with Crippen molar-refractivity contribution in [2.75, 3.05) is 13.1 Å². The van der Waals surface area contributed by atoms with Crippen molar-refractivity contribution in [1.29, 1.82) is 0 Å². The second-order valence-electron chi connectivity index (χ2n) is 11.7. The lowest BCUT2D eigenvalue weighted by Crippen LogP contribution is -2.41. The van der Waals surface area contributed by atoms with Crippen LogP contribution >= 0.6 is 0 Å². The Labute approximate surface area is 216 Å². The number of carbonyl (C=O) groups is 1. The van der Waals surface area contributed by atoms with Crippen molar-refractivity contribution in [3.8, 4) is 11.3 Å². The fourth-order valence-electron chi connectivity index (χ4n) is 6.76. The van der Waals surface area contributed by atoms with Crippen LogP contribution in [0.1, 0.15) is 101 Å². The number of aromatic nitrogens is 2. The van der Waals surface area contributed by atoms with E-state index >= 15 is 0 Å². The maximum atomic E-state index is 13.4. The molecule has 0 bridgehead atoms. The zero-order chi connectivity index (χ0) is 25.2. The first kappa shape index (κ1) is 25.0. The molecule has 1 aromatic carbocycles. The largest absolute Gasteiger partial charge is 0.354 e. The molecule has 2 atom stereocenters. The number of likely N-dealkylation sites (tertiary alicyclic amines) is 1. The quantitative estimate of drug-likeness (QED) is 0.372. The number of H-pyrrole nitrogens is 1. The summed E-state index contributed by atoms with van der Waals surface area (Å²) in [4.78, 5) is 23.7. The minimum Gasteiger partial charge on any atom is -0.354 e. The number of carbonyl (C=O) groups excluding carboxylic acids is 1. The van der Waals surface area contributed by atoms with Crippen LogP contribution in [0.5, 0.6) is 0 Å². The monoisotopic (exact) mass is 485 g/mol. The lowest BCUT2D eigenvalue weighted by atomic mass is 9.86. The third-order valence-corrected chi connectivity index (χ3v) is 8.86. The Balaban J connectivity index is 1.33. The summed E-state index contributed by atoms with van der Waals surface area (Å²) < 4.78 is 0. The molecule has 0 spiro atoms. The zero-order valence-electron chi connectivity index (χ0n) is 22.6. The summed E-state index contributed by atoms with van der Waals surface area (Å²) in [6, 6.07) is 11.3. The van der Waals surface area contributed by atoms with Crippen molar-refractivity contribution in [1.82, 2.24) is 14.9 Å². The van der Waals surface area contributed by atoms with Gasteiger partial charge < -0.3 is 9.88 Å². The highest BCUT2D eigenvalue weighted by Crippen LogP contribution is 2.39. The van der Waals surface area contributed by atoms with Crippen molar-refractivity contribution in [2.24, 2.45) is 11.8 Å². The average molecular weight is 486 g/mol. The summed E-state index contributed by atoms with van der Waals surface area (Å²) in [7, 11) is 0. The molecule has 5 rings (SSSR count). The van der Waals surface area contributed by atoms with E-state index in [-0.39, 0.29) is 5.92 Å². The molecule has 1 saturated carbocycles. The molecule has 0 unspecified atom stereocenters. The van der Waals surface area contributed by atoms with Gasteiger partial charge in [-0.3, -0.25) is 9.78 Å². The van der Waals surface area contributed by atoms with Crippen LogP contribution in [-0.4, -0.2) is 33.9 Å². The van der Waals surface area contributed by atoms with Crippen LogP contribution < -0.4 is 0 Å². The number of rotatable bonds is 5. The van der Waals surface area contributed by atoms with Crippen molar-refractivity contribution in [2.45, 2.75) is 90.9 Å². The van der Waals surface area contributed by atoms with Gasteiger partial charge in [0.2, 0.25) is 5.91 Å². The first-order chi connectivity index (χ1) is 17.4. The SMILES string of the molecule is CC[C@H]1CCCC[C@H](C(=O)N2CCC(c3ccc4[nH]c(-c5ccnc(C)c5)c(C(C)C)c4c3)CC2)C1. The second kappa shape index (κ2) is 10.8. The van der Waals surface area contributed by atoms with Crippen LogP contribution in [-0.2, 0) is 4.79 Å². The zero-order valence-corrected chi connectivity index (χ0v) is 22.6. The van der Waals surface area contributed by atoms with Gasteiger partial charge in [0.1, 0.15) is 0 Å². The van der Waals surface area contributed by atoms with Gasteiger partial charge in [-0.15, -0.1) is 0 Å². The predicted molar refractivity (Wildman–Crippen MR) is 149 cm³/mol. The minimum atomic E-state index is 0.258. The number of piperidine rings is 1. The van der Waals surface area contributed by atoms with Gasteiger partial charge in [-0.05, 0) is 85.8 Å². The topological polar surface area (TPSA) is 49.0 Å². The Morgan fingerprint density at radius 2 is 1.86 bits per heavy atom. The van der Waals surface area contributed by atoms with Gasteiger partial charge in [-0.1, -0.05) is 52.5 Å². The molecule has 1 aliphatic heterocycles. The maximum Gasteiger partial charge on any atom is 0.225 e. The van der Waals surface area contributed by atoms with Crippen LogP contribution in [0.25, 0.3) is 22.2 Å². The lowest BCUT2D eigenvalue weighted by molar-refractivity contribution is -0.137. The Kier molecular flexibility index (Phi) is 7.50. The van der Waals surface area contributed by atoms with E-state index in [0.717, 1.165) is 50.4 Å². The Morgan fingerprint density at radius 1 is 1.08 bits per heavy atom. The third-order valence-electron chi connectivity index (χ3n) is 8.86. The number of aryl methyl sites for hydroxylation is 1. The van der Waals surface area contributed by atoms with Crippen LogP contribution in [0.15, 0.2) is 36.5 Å². The number of nitrogens with zero attached hydrogens (tertiary/aromatic N) is 2. The first-order valence-corrected chi connectivity index (χ1v) is 14.3. The molecule has 1 aliphatic carbocycles. The molecule has 1 N–H and O–H groups in total. The summed E-state index contributed by atoms with van der Waals surface area (Å²) in [6.07, 6.45) is 11.3. The van der Waals surface area contributed by atoms with Crippen LogP contribution in [0.2, 0.25) is 0 Å². The molecular formula is C32H43N3O. The number of fused-ring (bicyclic) bond motifs is 1. The second-order valence-corrected chi connectivity index (χ2v) is 11.7. The van der Waals surface area contributed by atoms with Crippen molar-refractivity contribution >= 4 is 16.8 Å². The van der Waals surface area contributed by atoms with E-state index < -0.39 is 0 Å². The molecule has 1 saturated heterocycles. The van der Waals surface area contributed by atoms with Crippen molar-refractivity contribution in [3.63, 3.8) is 0 Å². The van der Waals surface area contributed by atoms with E-state index in [1.165, 1.54) is 59.0 Å². The number of pyridine rings is 1. The highest BCUT2D eigenvalue weighted by molar-refractivity contribution is 5.92. The lowest BCUT2D eigenvalue weighted by Gasteiger charge is -2.35. The Bertz CT molecular complexity index is 1200. The van der Waals surface area contributed by atoms with Gasteiger partial charge in [-0.25, -0.2) is 0 Å². The normalized spacial score (nSPS) is 21.8. The molecule has 2 aliphatic rings.